The summed E-state index contributed by atoms with van der Waals surface area (Å²) in [5, 5.41) is 2.05. The highest BCUT2D eigenvalue weighted by atomic mass is 32.3. The van der Waals surface area contributed by atoms with Crippen LogP contribution in [0.15, 0.2) is 28.1 Å². The lowest BCUT2D eigenvalue weighted by molar-refractivity contribution is 0.416. The fourth-order valence-electron chi connectivity index (χ4n) is 0.958. The molecule has 0 radical (unpaired) electrons. The Kier molecular flexibility index (Phi) is 3.52. The van der Waals surface area contributed by atoms with Gasteiger partial charge in [-0.2, -0.15) is 13.4 Å². The van der Waals surface area contributed by atoms with Gasteiger partial charge in [-0.1, -0.05) is 0 Å². The Balaban J connectivity index is 3.41. The van der Waals surface area contributed by atoms with E-state index in [0.29, 0.717) is 5.75 Å². The average molecular weight is 247 g/mol. The van der Waals surface area contributed by atoms with Crippen LogP contribution < -0.4 is 4.74 Å². The third-order valence-corrected chi connectivity index (χ3v) is 2.51. The molecule has 15 heavy (non-hydrogen) atoms. The van der Waals surface area contributed by atoms with Gasteiger partial charge in [-0.05, 0) is 30.4 Å². The number of hydrogen-bond donors (Lipinski definition) is 0. The Labute approximate surface area is 91.6 Å². The van der Waals surface area contributed by atoms with Crippen LogP contribution in [0.1, 0.15) is 0 Å². The Morgan fingerprint density at radius 2 is 2.20 bits per heavy atom. The van der Waals surface area contributed by atoms with Gasteiger partial charge in [-0.15, -0.1) is 3.89 Å². The van der Waals surface area contributed by atoms with E-state index in [1.165, 1.54) is 13.2 Å². The van der Waals surface area contributed by atoms with Crippen molar-refractivity contribution in [1.82, 2.24) is 0 Å². The number of halogens is 1. The second-order valence-electron chi connectivity index (χ2n) is 2.47. The molecule has 0 spiro atoms. The summed E-state index contributed by atoms with van der Waals surface area (Å²) in [5.74, 6) is 0.291. The van der Waals surface area contributed by atoms with Crippen LogP contribution in [0, 0.1) is 0 Å². The first-order valence-electron chi connectivity index (χ1n) is 3.69. The SMILES string of the molecule is COc1ccc(S(=O)(=O)F)cc1N=C=S. The molecule has 0 atom stereocenters. The zero-order chi connectivity index (χ0) is 11.5. The molecule has 0 bridgehead atoms. The second-order valence-corrected chi connectivity index (χ2v) is 4.00. The summed E-state index contributed by atoms with van der Waals surface area (Å²) in [4.78, 5) is 3.07. The molecule has 1 rings (SSSR count). The summed E-state index contributed by atoms with van der Waals surface area (Å²) in [6.07, 6.45) is 0. The Morgan fingerprint density at radius 3 is 2.67 bits per heavy atom. The molecule has 0 aliphatic rings. The molecule has 0 fully saturated rings. The number of thiocarbonyl (C=S) groups is 1. The predicted octanol–water partition coefficient (Wildman–Crippen LogP) is 2.09. The minimum Gasteiger partial charge on any atom is -0.494 e. The fraction of sp³-hybridized carbons (Fsp3) is 0.125. The molecule has 0 heterocycles. The molecule has 0 unspecified atom stereocenters. The minimum absolute atomic E-state index is 0.117. The van der Waals surface area contributed by atoms with E-state index in [-0.39, 0.29) is 5.69 Å². The van der Waals surface area contributed by atoms with E-state index in [2.05, 4.69) is 17.2 Å². The first kappa shape index (κ1) is 11.8. The smallest absolute Gasteiger partial charge is 0.332 e. The number of nitrogens with zero attached hydrogens (tertiary/aromatic N) is 1. The summed E-state index contributed by atoms with van der Waals surface area (Å²) in [5.41, 5.74) is 0.117. The van der Waals surface area contributed by atoms with Gasteiger partial charge < -0.3 is 4.74 Å². The van der Waals surface area contributed by atoms with Crippen LogP contribution in [0.4, 0.5) is 9.57 Å². The maximum Gasteiger partial charge on any atom is 0.332 e. The Bertz CT molecular complexity index is 521. The van der Waals surface area contributed by atoms with Crippen LogP contribution in [0.5, 0.6) is 5.75 Å². The maximum absolute atomic E-state index is 12.6. The van der Waals surface area contributed by atoms with Crippen LogP contribution >= 0.6 is 12.2 Å². The Hall–Kier alpha value is -1.30. The molecule has 0 saturated carbocycles. The van der Waals surface area contributed by atoms with Crippen molar-refractivity contribution in [3.05, 3.63) is 18.2 Å². The largest absolute Gasteiger partial charge is 0.494 e. The van der Waals surface area contributed by atoms with E-state index in [4.69, 9.17) is 4.74 Å². The standard InChI is InChI=1S/C8H6FNO3S2/c1-13-8-3-2-6(15(9,11)12)4-7(8)10-5-14/h2-4H,1H3. The summed E-state index contributed by atoms with van der Waals surface area (Å²) < 4.78 is 38.7. The molecule has 1 aromatic rings. The Morgan fingerprint density at radius 1 is 1.53 bits per heavy atom. The highest BCUT2D eigenvalue weighted by Gasteiger charge is 2.14. The molecule has 4 nitrogen and oxygen atoms in total. The minimum atomic E-state index is -4.75. The van der Waals surface area contributed by atoms with Gasteiger partial charge in [0.2, 0.25) is 0 Å². The molecule has 0 aliphatic heterocycles. The van der Waals surface area contributed by atoms with Crippen molar-refractivity contribution in [3.8, 4) is 5.75 Å². The molecule has 80 valence electrons. The van der Waals surface area contributed by atoms with Crippen molar-refractivity contribution in [3.63, 3.8) is 0 Å². The summed E-state index contributed by atoms with van der Waals surface area (Å²) in [6.45, 7) is 0. The van der Waals surface area contributed by atoms with Crippen LogP contribution in [0.2, 0.25) is 0 Å². The third kappa shape index (κ3) is 2.82. The predicted molar refractivity (Wildman–Crippen MR) is 56.0 cm³/mol. The molecule has 0 N–H and O–H groups in total. The monoisotopic (exact) mass is 247 g/mol. The summed E-state index contributed by atoms with van der Waals surface area (Å²) >= 11 is 4.36. The average Bonchev–Trinajstić information content (AvgIpc) is 2.17. The number of methoxy groups -OCH3 is 1. The zero-order valence-electron chi connectivity index (χ0n) is 7.60. The normalized spacial score (nSPS) is 10.5. The summed E-state index contributed by atoms with van der Waals surface area (Å²) in [6, 6.07) is 3.39. The molecule has 1 aromatic carbocycles. The molecule has 0 amide bonds. The summed E-state index contributed by atoms with van der Waals surface area (Å²) in [7, 11) is -3.37. The van der Waals surface area contributed by atoms with Crippen LogP contribution in [-0.4, -0.2) is 20.7 Å². The number of rotatable bonds is 3. The van der Waals surface area contributed by atoms with Gasteiger partial charge in [0.1, 0.15) is 16.3 Å². The van der Waals surface area contributed by atoms with Gasteiger partial charge >= 0.3 is 10.2 Å². The highest BCUT2D eigenvalue weighted by molar-refractivity contribution is 7.86. The van der Waals surface area contributed by atoms with E-state index >= 15 is 0 Å². The van der Waals surface area contributed by atoms with Crippen LogP contribution in [0.3, 0.4) is 0 Å². The number of aliphatic imine (C=N–C) groups is 1. The first-order chi connectivity index (χ1) is 6.99. The van der Waals surface area contributed by atoms with E-state index in [9.17, 15) is 12.3 Å². The molecule has 0 aromatic heterocycles. The van der Waals surface area contributed by atoms with Gasteiger partial charge in [-0.3, -0.25) is 0 Å². The van der Waals surface area contributed by atoms with Gasteiger partial charge in [0, 0.05) is 0 Å². The number of ether oxygens (including phenoxy) is 1. The van der Waals surface area contributed by atoms with E-state index < -0.39 is 15.1 Å². The lowest BCUT2D eigenvalue weighted by atomic mass is 10.3. The van der Waals surface area contributed by atoms with Crippen molar-refractivity contribution in [2.24, 2.45) is 4.99 Å². The molecular formula is C8H6FNO3S2. The fourth-order valence-corrected chi connectivity index (χ4v) is 1.54. The number of isothiocyanates is 1. The first-order valence-corrected chi connectivity index (χ1v) is 5.49. The van der Waals surface area contributed by atoms with Crippen molar-refractivity contribution >= 4 is 33.3 Å². The van der Waals surface area contributed by atoms with Crippen LogP contribution in [-0.2, 0) is 10.2 Å². The van der Waals surface area contributed by atoms with Crippen molar-refractivity contribution < 1.29 is 17.0 Å². The lowest BCUT2D eigenvalue weighted by Gasteiger charge is -2.03. The topological polar surface area (TPSA) is 55.7 Å². The molecule has 0 saturated heterocycles. The third-order valence-electron chi connectivity index (χ3n) is 1.60. The van der Waals surface area contributed by atoms with E-state index in [0.717, 1.165) is 12.1 Å². The quantitative estimate of drug-likeness (QED) is 0.466. The van der Waals surface area contributed by atoms with Gasteiger partial charge in [-0.25, -0.2) is 0 Å². The lowest BCUT2D eigenvalue weighted by Crippen LogP contribution is -1.92. The van der Waals surface area contributed by atoms with Crippen molar-refractivity contribution in [2.75, 3.05) is 7.11 Å². The van der Waals surface area contributed by atoms with Crippen LogP contribution in [0.25, 0.3) is 0 Å². The van der Waals surface area contributed by atoms with Gasteiger partial charge in [0.25, 0.3) is 0 Å². The van der Waals surface area contributed by atoms with E-state index in [1.807, 2.05) is 5.16 Å². The molecular weight excluding hydrogens is 241 g/mol. The zero-order valence-corrected chi connectivity index (χ0v) is 9.23. The molecule has 0 aliphatic carbocycles. The number of benzene rings is 1. The van der Waals surface area contributed by atoms with Crippen molar-refractivity contribution in [1.29, 1.82) is 0 Å². The second kappa shape index (κ2) is 4.48. The maximum atomic E-state index is 12.6. The van der Waals surface area contributed by atoms with Gasteiger partial charge in [0.15, 0.2) is 0 Å². The highest BCUT2D eigenvalue weighted by Crippen LogP contribution is 2.30. The van der Waals surface area contributed by atoms with E-state index in [1.54, 1.807) is 0 Å². The molecule has 7 heteroatoms. The number of hydrogen-bond acceptors (Lipinski definition) is 5. The van der Waals surface area contributed by atoms with Crippen molar-refractivity contribution in [2.45, 2.75) is 4.90 Å². The van der Waals surface area contributed by atoms with Gasteiger partial charge in [0.05, 0.1) is 12.3 Å².